The number of nitriles is 1. The van der Waals surface area contributed by atoms with Crippen molar-refractivity contribution >= 4 is 31.9 Å². The van der Waals surface area contributed by atoms with Crippen LogP contribution >= 0.6 is 11.3 Å². The lowest BCUT2D eigenvalue weighted by molar-refractivity contribution is 0.126. The molecule has 1 heterocycles. The van der Waals surface area contributed by atoms with Gasteiger partial charge >= 0.3 is 0 Å². The lowest BCUT2D eigenvalue weighted by Gasteiger charge is -2.26. The lowest BCUT2D eigenvalue weighted by atomic mass is 9.93. The van der Waals surface area contributed by atoms with Gasteiger partial charge in [-0.25, -0.2) is 8.42 Å². The molecule has 1 aromatic heterocycles. The Hall–Kier alpha value is -1.30. The van der Waals surface area contributed by atoms with Crippen LogP contribution in [-0.4, -0.2) is 31.9 Å². The number of nitrogen functional groups attached to an aromatic ring is 1. The Morgan fingerprint density at radius 2 is 2.00 bits per heavy atom. The number of hydrogen-bond donors (Lipinski definition) is 3. The molecule has 1 saturated carbocycles. The summed E-state index contributed by atoms with van der Waals surface area (Å²) < 4.78 is 23.7. The molecule has 0 aliphatic heterocycles. The van der Waals surface area contributed by atoms with Crippen molar-refractivity contribution in [3.8, 4) is 6.07 Å². The van der Waals surface area contributed by atoms with Crippen molar-refractivity contribution in [3.63, 3.8) is 0 Å². The zero-order valence-electron chi connectivity index (χ0n) is 11.1. The molecule has 2 rings (SSSR count). The molecule has 0 unspecified atom stereocenters. The fourth-order valence-corrected chi connectivity index (χ4v) is 4.81. The molecule has 0 atom stereocenters. The van der Waals surface area contributed by atoms with E-state index in [0.717, 1.165) is 30.4 Å². The van der Waals surface area contributed by atoms with Crippen LogP contribution < -0.4 is 11.1 Å². The first-order chi connectivity index (χ1) is 9.32. The summed E-state index contributed by atoms with van der Waals surface area (Å²) in [6, 6.07) is 2.02. The van der Waals surface area contributed by atoms with Crippen LogP contribution in [0.25, 0.3) is 0 Å². The number of sulfone groups is 1. The largest absolute Gasteiger partial charge is 0.396 e. The topological polar surface area (TPSA) is 116 Å². The number of hydrogen-bond acceptors (Lipinski definition) is 7. The van der Waals surface area contributed by atoms with Gasteiger partial charge in [0.15, 0.2) is 9.84 Å². The van der Waals surface area contributed by atoms with Gasteiger partial charge in [-0.2, -0.15) is 5.26 Å². The molecule has 1 fully saturated rings. The molecule has 1 aromatic rings. The van der Waals surface area contributed by atoms with Gasteiger partial charge in [-0.1, -0.05) is 0 Å². The number of rotatable bonds is 3. The van der Waals surface area contributed by atoms with Crippen LogP contribution in [0.3, 0.4) is 0 Å². The average molecular weight is 315 g/mol. The number of aliphatic hydroxyl groups excluding tert-OH is 1. The highest BCUT2D eigenvalue weighted by molar-refractivity contribution is 7.91. The monoisotopic (exact) mass is 315 g/mol. The van der Waals surface area contributed by atoms with Crippen molar-refractivity contribution in [1.29, 1.82) is 5.26 Å². The fourth-order valence-electron chi connectivity index (χ4n) is 2.38. The van der Waals surface area contributed by atoms with E-state index in [-0.39, 0.29) is 27.6 Å². The van der Waals surface area contributed by atoms with Crippen LogP contribution in [0.4, 0.5) is 10.7 Å². The Kier molecular flexibility index (Phi) is 4.22. The second kappa shape index (κ2) is 5.60. The molecular formula is C12H17N3O3S2. The molecule has 0 saturated heterocycles. The first kappa shape index (κ1) is 15.1. The maximum atomic E-state index is 11.8. The fraction of sp³-hybridized carbons (Fsp3) is 0.583. The van der Waals surface area contributed by atoms with Gasteiger partial charge in [0.25, 0.3) is 0 Å². The maximum absolute atomic E-state index is 11.8. The van der Waals surface area contributed by atoms with E-state index in [1.54, 1.807) is 0 Å². The number of thiophene rings is 1. The van der Waals surface area contributed by atoms with Gasteiger partial charge in [-0.3, -0.25) is 0 Å². The van der Waals surface area contributed by atoms with Crippen molar-refractivity contribution < 1.29 is 13.5 Å². The molecule has 6 nitrogen and oxygen atoms in total. The van der Waals surface area contributed by atoms with Crippen LogP contribution in [0.15, 0.2) is 4.90 Å². The molecule has 1 aliphatic carbocycles. The quantitative estimate of drug-likeness (QED) is 0.774. The van der Waals surface area contributed by atoms with Crippen molar-refractivity contribution in [3.05, 3.63) is 4.88 Å². The highest BCUT2D eigenvalue weighted by Gasteiger charge is 2.27. The maximum Gasteiger partial charge on any atom is 0.180 e. The molecule has 4 N–H and O–H groups in total. The van der Waals surface area contributed by atoms with Crippen molar-refractivity contribution in [2.45, 2.75) is 42.7 Å². The molecular weight excluding hydrogens is 298 g/mol. The van der Waals surface area contributed by atoms with E-state index in [1.165, 1.54) is 0 Å². The number of nitrogens with zero attached hydrogens (tertiary/aromatic N) is 1. The van der Waals surface area contributed by atoms with Crippen LogP contribution in [0, 0.1) is 11.3 Å². The SMILES string of the molecule is CS(=O)(=O)c1c(NC2CCC(O)CC2)sc(C#N)c1N. The summed E-state index contributed by atoms with van der Waals surface area (Å²) in [6.07, 6.45) is 3.73. The van der Waals surface area contributed by atoms with Crippen LogP contribution in [0.1, 0.15) is 30.6 Å². The normalized spacial score (nSPS) is 23.2. The summed E-state index contributed by atoms with van der Waals surface area (Å²) in [4.78, 5) is 0.231. The summed E-state index contributed by atoms with van der Waals surface area (Å²) in [7, 11) is -3.49. The predicted molar refractivity (Wildman–Crippen MR) is 78.4 cm³/mol. The smallest absolute Gasteiger partial charge is 0.180 e. The lowest BCUT2D eigenvalue weighted by Crippen LogP contribution is -2.28. The van der Waals surface area contributed by atoms with Gasteiger partial charge in [-0.05, 0) is 25.7 Å². The summed E-state index contributed by atoms with van der Waals surface area (Å²) in [6.45, 7) is 0. The summed E-state index contributed by atoms with van der Waals surface area (Å²) in [5, 5.41) is 22.1. The summed E-state index contributed by atoms with van der Waals surface area (Å²) in [5.74, 6) is 0. The molecule has 1 aliphatic rings. The molecule has 0 spiro atoms. The molecule has 0 bridgehead atoms. The van der Waals surface area contributed by atoms with E-state index >= 15 is 0 Å². The van der Waals surface area contributed by atoms with Gasteiger partial charge in [0, 0.05) is 12.3 Å². The first-order valence-electron chi connectivity index (χ1n) is 6.30. The molecule has 0 radical (unpaired) electrons. The molecule has 8 heteroatoms. The van der Waals surface area contributed by atoms with E-state index in [2.05, 4.69) is 5.32 Å². The van der Waals surface area contributed by atoms with E-state index in [4.69, 9.17) is 11.0 Å². The number of aliphatic hydroxyl groups is 1. The van der Waals surface area contributed by atoms with Gasteiger partial charge in [0.2, 0.25) is 0 Å². The van der Waals surface area contributed by atoms with Crippen LogP contribution in [0.2, 0.25) is 0 Å². The Morgan fingerprint density at radius 1 is 1.40 bits per heavy atom. The van der Waals surface area contributed by atoms with E-state index in [1.807, 2.05) is 6.07 Å². The third kappa shape index (κ3) is 3.06. The third-order valence-corrected chi connectivity index (χ3v) is 5.74. The summed E-state index contributed by atoms with van der Waals surface area (Å²) in [5.41, 5.74) is 5.78. The minimum Gasteiger partial charge on any atom is -0.396 e. The van der Waals surface area contributed by atoms with Crippen LogP contribution in [0.5, 0.6) is 0 Å². The highest BCUT2D eigenvalue weighted by atomic mass is 32.2. The van der Waals surface area contributed by atoms with Crippen molar-refractivity contribution in [1.82, 2.24) is 0 Å². The third-order valence-electron chi connectivity index (χ3n) is 3.40. The molecule has 20 heavy (non-hydrogen) atoms. The minimum atomic E-state index is -3.49. The van der Waals surface area contributed by atoms with E-state index in [0.29, 0.717) is 17.8 Å². The second-order valence-corrected chi connectivity index (χ2v) is 8.01. The van der Waals surface area contributed by atoms with Gasteiger partial charge < -0.3 is 16.2 Å². The standard InChI is InChI=1S/C12H17N3O3S2/c1-20(17,18)11-10(14)9(6-13)19-12(11)15-7-2-4-8(16)5-3-7/h7-8,15-16H,2-5,14H2,1H3. The van der Waals surface area contributed by atoms with Gasteiger partial charge in [0.1, 0.15) is 20.8 Å². The Labute approximate surface area is 122 Å². The zero-order chi connectivity index (χ0) is 14.9. The number of nitrogens with one attached hydrogen (secondary N) is 1. The van der Waals surface area contributed by atoms with E-state index < -0.39 is 9.84 Å². The highest BCUT2D eigenvalue weighted by Crippen LogP contribution is 2.39. The zero-order valence-corrected chi connectivity index (χ0v) is 12.7. The van der Waals surface area contributed by atoms with Crippen molar-refractivity contribution in [2.24, 2.45) is 0 Å². The Balaban J connectivity index is 2.30. The van der Waals surface area contributed by atoms with Gasteiger partial charge in [-0.15, -0.1) is 11.3 Å². The minimum absolute atomic E-state index is 0.0187. The first-order valence-corrected chi connectivity index (χ1v) is 9.00. The second-order valence-electron chi connectivity index (χ2n) is 5.04. The molecule has 0 amide bonds. The number of nitrogens with two attached hydrogens (primary N) is 1. The van der Waals surface area contributed by atoms with E-state index in [9.17, 15) is 13.5 Å². The van der Waals surface area contributed by atoms with Crippen molar-refractivity contribution in [2.75, 3.05) is 17.3 Å². The molecule has 0 aromatic carbocycles. The van der Waals surface area contributed by atoms with Crippen LogP contribution in [-0.2, 0) is 9.84 Å². The number of anilines is 2. The summed E-state index contributed by atoms with van der Waals surface area (Å²) >= 11 is 1.07. The Morgan fingerprint density at radius 3 is 2.50 bits per heavy atom. The Bertz CT molecular complexity index is 638. The average Bonchev–Trinajstić information content (AvgIpc) is 2.68. The predicted octanol–water partition coefficient (Wildman–Crippen LogP) is 1.32. The van der Waals surface area contributed by atoms with Gasteiger partial charge in [0.05, 0.1) is 11.8 Å². The molecule has 110 valence electrons.